The smallest absolute Gasteiger partial charge is 0.319 e. The number of nitrogens with two attached hydrogens (primary N) is 1. The van der Waals surface area contributed by atoms with Gasteiger partial charge in [0.15, 0.2) is 0 Å². The summed E-state index contributed by atoms with van der Waals surface area (Å²) in [5.74, 6) is 0.148. The van der Waals surface area contributed by atoms with Crippen LogP contribution in [0.4, 0.5) is 15.1 Å². The summed E-state index contributed by atoms with van der Waals surface area (Å²) in [5.41, 5.74) is 8.12. The number of urea groups is 1. The van der Waals surface area contributed by atoms with Crippen molar-refractivity contribution in [3.63, 3.8) is 0 Å². The van der Waals surface area contributed by atoms with Crippen molar-refractivity contribution >= 4 is 18.2 Å². The predicted molar refractivity (Wildman–Crippen MR) is 110 cm³/mol. The third-order valence-electron chi connectivity index (χ3n) is 4.19. The van der Waals surface area contributed by atoms with Crippen LogP contribution in [0.3, 0.4) is 0 Å². The Bertz CT molecular complexity index is 1050. The molecule has 0 aliphatic heterocycles. The van der Waals surface area contributed by atoms with Crippen molar-refractivity contribution in [3.8, 4) is 16.9 Å². The van der Waals surface area contributed by atoms with E-state index in [1.165, 1.54) is 19.5 Å². The number of primary amides is 1. The molecular weight excluding hydrogens is 373 g/mol. The number of amides is 2. The first-order chi connectivity index (χ1) is 14.0. The molecule has 0 bridgehead atoms. The van der Waals surface area contributed by atoms with E-state index in [-0.39, 0.29) is 18.2 Å². The van der Waals surface area contributed by atoms with E-state index >= 15 is 4.39 Å². The topological polar surface area (TPSA) is 102 Å². The largest absolute Gasteiger partial charge is 0.496 e. The number of hydrogen-bond acceptors (Lipinski definition) is 5. The normalized spacial score (nSPS) is 10.9. The van der Waals surface area contributed by atoms with Gasteiger partial charge in [-0.25, -0.2) is 19.2 Å². The number of anilines is 1. The number of carbonyl (C=O) groups excluding carboxylic acids is 1. The molecule has 2 aromatic carbocycles. The van der Waals surface area contributed by atoms with Gasteiger partial charge in [0.2, 0.25) is 5.95 Å². The van der Waals surface area contributed by atoms with Gasteiger partial charge < -0.3 is 10.5 Å². The second kappa shape index (κ2) is 8.92. The summed E-state index contributed by atoms with van der Waals surface area (Å²) in [4.78, 5) is 22.9. The van der Waals surface area contributed by atoms with Gasteiger partial charge in [0.1, 0.15) is 11.6 Å². The number of nitrogens with one attached hydrogen (secondary N) is 1. The molecule has 1 heterocycles. The Morgan fingerprint density at radius 2 is 2.03 bits per heavy atom. The quantitative estimate of drug-likeness (QED) is 0.626. The second-order valence-corrected chi connectivity index (χ2v) is 6.21. The molecule has 8 heteroatoms. The molecule has 0 spiro atoms. The number of rotatable bonds is 6. The fraction of sp³-hybridized carbons (Fsp3) is 0.143. The number of aliphatic imine (C=N–C) groups is 1. The van der Waals surface area contributed by atoms with Gasteiger partial charge in [-0.1, -0.05) is 24.3 Å². The van der Waals surface area contributed by atoms with Gasteiger partial charge in [-0.3, -0.25) is 10.3 Å². The van der Waals surface area contributed by atoms with Gasteiger partial charge in [0, 0.05) is 32.1 Å². The third-order valence-corrected chi connectivity index (χ3v) is 4.19. The van der Waals surface area contributed by atoms with Crippen molar-refractivity contribution in [1.82, 2.24) is 9.97 Å². The van der Waals surface area contributed by atoms with Crippen LogP contribution in [0.1, 0.15) is 16.7 Å². The molecule has 0 fully saturated rings. The minimum atomic E-state index is -0.751. The number of aromatic nitrogens is 2. The number of carbonyl (C=O) groups is 1. The molecule has 148 valence electrons. The van der Waals surface area contributed by atoms with Crippen LogP contribution in [-0.4, -0.2) is 36.4 Å². The monoisotopic (exact) mass is 393 g/mol. The predicted octanol–water partition coefficient (Wildman–Crippen LogP) is 3.42. The van der Waals surface area contributed by atoms with Crippen molar-refractivity contribution in [2.75, 3.05) is 19.5 Å². The summed E-state index contributed by atoms with van der Waals surface area (Å²) < 4.78 is 20.8. The van der Waals surface area contributed by atoms with Gasteiger partial charge in [0.25, 0.3) is 0 Å². The summed E-state index contributed by atoms with van der Waals surface area (Å²) >= 11 is 0. The maximum absolute atomic E-state index is 15.4. The Balaban J connectivity index is 1.96. The molecule has 0 saturated heterocycles. The third kappa shape index (κ3) is 4.73. The van der Waals surface area contributed by atoms with Crippen molar-refractivity contribution in [2.24, 2.45) is 10.7 Å². The number of hydrogen-bond donors (Lipinski definition) is 2. The summed E-state index contributed by atoms with van der Waals surface area (Å²) in [6.07, 6.45) is 5.01. The van der Waals surface area contributed by atoms with Crippen molar-refractivity contribution in [2.45, 2.75) is 6.42 Å². The summed E-state index contributed by atoms with van der Waals surface area (Å²) in [6, 6.07) is 10.1. The first-order valence-electron chi connectivity index (χ1n) is 8.77. The maximum atomic E-state index is 15.4. The van der Waals surface area contributed by atoms with E-state index in [4.69, 9.17) is 10.5 Å². The Hall–Kier alpha value is -3.81. The molecule has 3 N–H and O–H groups in total. The highest BCUT2D eigenvalue weighted by atomic mass is 19.1. The Kier molecular flexibility index (Phi) is 6.13. The summed E-state index contributed by atoms with van der Waals surface area (Å²) in [5, 5.41) is 2.28. The van der Waals surface area contributed by atoms with Gasteiger partial charge in [0.05, 0.1) is 12.7 Å². The average molecular weight is 393 g/mol. The molecule has 2 amide bonds. The van der Waals surface area contributed by atoms with Gasteiger partial charge >= 0.3 is 6.03 Å². The van der Waals surface area contributed by atoms with E-state index in [0.717, 1.165) is 5.56 Å². The van der Waals surface area contributed by atoms with Crippen molar-refractivity contribution in [1.29, 1.82) is 0 Å². The fourth-order valence-corrected chi connectivity index (χ4v) is 2.94. The highest BCUT2D eigenvalue weighted by molar-refractivity contribution is 5.85. The molecule has 0 unspecified atom stereocenters. The molecule has 1 aromatic heterocycles. The van der Waals surface area contributed by atoms with Gasteiger partial charge in [-0.05, 0) is 34.4 Å². The fourth-order valence-electron chi connectivity index (χ4n) is 2.94. The van der Waals surface area contributed by atoms with Crippen LogP contribution < -0.4 is 15.8 Å². The lowest BCUT2D eigenvalue weighted by molar-refractivity contribution is 0.259. The zero-order chi connectivity index (χ0) is 20.8. The van der Waals surface area contributed by atoms with Crippen LogP contribution in [0, 0.1) is 5.82 Å². The SMILES string of the molecule is CN=Cc1cccc(-c2c(OC)ccc(Cc3cnc(NC(N)=O)nc3)c2F)c1. The number of ether oxygens (including phenoxy) is 1. The van der Waals surface area contributed by atoms with Crippen LogP contribution in [-0.2, 0) is 6.42 Å². The highest BCUT2D eigenvalue weighted by Crippen LogP contribution is 2.35. The molecule has 0 saturated carbocycles. The van der Waals surface area contributed by atoms with Crippen molar-refractivity contribution < 1.29 is 13.9 Å². The zero-order valence-corrected chi connectivity index (χ0v) is 16.0. The van der Waals surface area contributed by atoms with E-state index in [0.29, 0.717) is 28.0 Å². The lowest BCUT2D eigenvalue weighted by Gasteiger charge is -2.14. The molecule has 0 atom stereocenters. The lowest BCUT2D eigenvalue weighted by Crippen LogP contribution is -2.20. The van der Waals surface area contributed by atoms with E-state index in [1.54, 1.807) is 25.4 Å². The van der Waals surface area contributed by atoms with Crippen LogP contribution >= 0.6 is 0 Å². The van der Waals surface area contributed by atoms with Crippen molar-refractivity contribution in [3.05, 3.63) is 71.3 Å². The van der Waals surface area contributed by atoms with Crippen LogP contribution in [0.15, 0.2) is 53.8 Å². The molecular formula is C21H20FN5O2. The molecule has 0 aliphatic carbocycles. The highest BCUT2D eigenvalue weighted by Gasteiger charge is 2.17. The molecule has 3 rings (SSSR count). The Morgan fingerprint density at radius 1 is 1.28 bits per heavy atom. The van der Waals surface area contributed by atoms with Crippen LogP contribution in [0.2, 0.25) is 0 Å². The average Bonchev–Trinajstić information content (AvgIpc) is 2.71. The van der Waals surface area contributed by atoms with E-state index in [1.807, 2.05) is 24.3 Å². The van der Waals surface area contributed by atoms with Crippen LogP contribution in [0.5, 0.6) is 5.75 Å². The molecule has 0 aliphatic rings. The molecule has 0 radical (unpaired) electrons. The van der Waals surface area contributed by atoms with Crippen LogP contribution in [0.25, 0.3) is 11.1 Å². The first-order valence-corrected chi connectivity index (χ1v) is 8.77. The molecule has 29 heavy (non-hydrogen) atoms. The Morgan fingerprint density at radius 3 is 2.69 bits per heavy atom. The summed E-state index contributed by atoms with van der Waals surface area (Å²) in [7, 11) is 3.19. The van der Waals surface area contributed by atoms with Gasteiger partial charge in [-0.15, -0.1) is 0 Å². The van der Waals surface area contributed by atoms with E-state index < -0.39 is 6.03 Å². The first kappa shape index (κ1) is 19.9. The molecule has 3 aromatic rings. The lowest BCUT2D eigenvalue weighted by atomic mass is 9.97. The second-order valence-electron chi connectivity index (χ2n) is 6.21. The Labute approximate surface area is 167 Å². The number of nitrogens with zero attached hydrogens (tertiary/aromatic N) is 3. The minimum absolute atomic E-state index is 0.0894. The van der Waals surface area contributed by atoms with E-state index in [2.05, 4.69) is 20.3 Å². The standard InChI is InChI=1S/C21H20FN5O2/c1-24-10-13-4-3-5-15(8-13)18-17(29-2)7-6-16(19(18)22)9-14-11-25-21(26-12-14)27-20(23)28/h3-8,10-12H,9H2,1-2H3,(H3,23,25,26,27,28). The zero-order valence-electron chi connectivity index (χ0n) is 16.0. The number of halogens is 1. The van der Waals surface area contributed by atoms with Gasteiger partial charge in [-0.2, -0.15) is 0 Å². The summed E-state index contributed by atoms with van der Waals surface area (Å²) in [6.45, 7) is 0. The molecule has 7 nitrogen and oxygen atoms in total. The number of benzene rings is 2. The maximum Gasteiger partial charge on any atom is 0.319 e. The minimum Gasteiger partial charge on any atom is -0.496 e. The number of methoxy groups -OCH3 is 1. The van der Waals surface area contributed by atoms with E-state index in [9.17, 15) is 4.79 Å².